The van der Waals surface area contributed by atoms with Crippen LogP contribution in [0.1, 0.15) is 38.3 Å². The molecule has 5 nitrogen and oxygen atoms in total. The first kappa shape index (κ1) is 14.7. The fraction of sp³-hybridized carbons (Fsp3) is 0.643. The quantitative estimate of drug-likeness (QED) is 0.867. The van der Waals surface area contributed by atoms with Crippen molar-refractivity contribution in [3.8, 4) is 0 Å². The predicted molar refractivity (Wildman–Crippen MR) is 72.9 cm³/mol. The zero-order valence-electron chi connectivity index (χ0n) is 11.6. The van der Waals surface area contributed by atoms with Gasteiger partial charge in [0.25, 0.3) is 0 Å². The second kappa shape index (κ2) is 6.63. The molecule has 20 heavy (non-hydrogen) atoms. The monoisotopic (exact) mass is 281 g/mol. The highest BCUT2D eigenvalue weighted by molar-refractivity contribution is 5.70. The molecule has 1 fully saturated rings. The van der Waals surface area contributed by atoms with Crippen LogP contribution < -0.4 is 5.32 Å². The summed E-state index contributed by atoms with van der Waals surface area (Å²) in [4.78, 5) is 18.7. The van der Waals surface area contributed by atoms with Crippen LogP contribution in [0.2, 0.25) is 0 Å². The lowest BCUT2D eigenvalue weighted by atomic mass is 9.82. The number of nitrogens with zero attached hydrogens (tertiary/aromatic N) is 2. The van der Waals surface area contributed by atoms with E-state index in [0.717, 1.165) is 12.8 Å². The van der Waals surface area contributed by atoms with E-state index >= 15 is 0 Å². The van der Waals surface area contributed by atoms with E-state index in [1.165, 1.54) is 6.33 Å². The third-order valence-corrected chi connectivity index (χ3v) is 3.95. The summed E-state index contributed by atoms with van der Waals surface area (Å²) in [6, 6.07) is 0. The van der Waals surface area contributed by atoms with Crippen molar-refractivity contribution < 1.29 is 14.3 Å². The Bertz CT molecular complexity index is 473. The maximum absolute atomic E-state index is 13.9. The number of aromatic nitrogens is 2. The predicted octanol–water partition coefficient (Wildman–Crippen LogP) is 2.48. The largest absolute Gasteiger partial charge is 0.481 e. The maximum atomic E-state index is 13.9. The molecule has 1 aliphatic carbocycles. The summed E-state index contributed by atoms with van der Waals surface area (Å²) >= 11 is 0. The number of carbonyl (C=O) groups is 1. The number of halogens is 1. The van der Waals surface area contributed by atoms with E-state index in [2.05, 4.69) is 15.3 Å². The zero-order valence-corrected chi connectivity index (χ0v) is 11.6. The summed E-state index contributed by atoms with van der Waals surface area (Å²) < 4.78 is 13.9. The molecule has 1 aromatic rings. The van der Waals surface area contributed by atoms with E-state index < -0.39 is 5.97 Å². The van der Waals surface area contributed by atoms with E-state index in [1.54, 1.807) is 0 Å². The molecule has 6 heteroatoms. The molecule has 0 amide bonds. The topological polar surface area (TPSA) is 75.1 Å². The first-order valence-corrected chi connectivity index (χ1v) is 7.07. The smallest absolute Gasteiger partial charge is 0.306 e. The third-order valence-electron chi connectivity index (χ3n) is 3.95. The number of anilines is 1. The van der Waals surface area contributed by atoms with Gasteiger partial charge in [-0.2, -0.15) is 0 Å². The Labute approximate surface area is 117 Å². The Morgan fingerprint density at radius 3 is 2.70 bits per heavy atom. The Hall–Kier alpha value is -1.72. The molecule has 0 saturated heterocycles. The summed E-state index contributed by atoms with van der Waals surface area (Å²) in [6.45, 7) is 2.48. The van der Waals surface area contributed by atoms with Crippen molar-refractivity contribution in [2.24, 2.45) is 11.8 Å². The van der Waals surface area contributed by atoms with Gasteiger partial charge in [0.1, 0.15) is 6.33 Å². The van der Waals surface area contributed by atoms with Gasteiger partial charge in [-0.25, -0.2) is 14.4 Å². The molecule has 1 saturated carbocycles. The molecule has 1 aliphatic rings. The van der Waals surface area contributed by atoms with Gasteiger partial charge in [0, 0.05) is 6.54 Å². The highest BCUT2D eigenvalue weighted by atomic mass is 19.1. The van der Waals surface area contributed by atoms with Crippen LogP contribution in [0.3, 0.4) is 0 Å². The van der Waals surface area contributed by atoms with Crippen LogP contribution in [0.5, 0.6) is 0 Å². The number of hydrogen-bond donors (Lipinski definition) is 2. The molecule has 1 aromatic heterocycles. The van der Waals surface area contributed by atoms with Crippen molar-refractivity contribution in [2.75, 3.05) is 11.9 Å². The fourth-order valence-electron chi connectivity index (χ4n) is 2.63. The van der Waals surface area contributed by atoms with Crippen molar-refractivity contribution >= 4 is 11.8 Å². The van der Waals surface area contributed by atoms with Gasteiger partial charge in [0.05, 0.1) is 11.6 Å². The summed E-state index contributed by atoms with van der Waals surface area (Å²) in [5.74, 6) is -0.670. The van der Waals surface area contributed by atoms with Gasteiger partial charge >= 0.3 is 5.97 Å². The van der Waals surface area contributed by atoms with Gasteiger partial charge in [-0.15, -0.1) is 0 Å². The molecule has 0 radical (unpaired) electrons. The van der Waals surface area contributed by atoms with E-state index in [-0.39, 0.29) is 17.6 Å². The Kier molecular flexibility index (Phi) is 4.87. The number of carboxylic acid groups (broad SMARTS) is 1. The van der Waals surface area contributed by atoms with Crippen molar-refractivity contribution in [3.63, 3.8) is 0 Å². The number of carboxylic acids is 1. The zero-order chi connectivity index (χ0) is 14.5. The SMILES string of the molecule is CCc1ncnc(NCC2CCC(C(=O)O)CC2)c1F. The van der Waals surface area contributed by atoms with Crippen LogP contribution in [-0.4, -0.2) is 27.6 Å². The minimum atomic E-state index is -0.703. The molecule has 0 unspecified atom stereocenters. The first-order chi connectivity index (χ1) is 9.61. The minimum Gasteiger partial charge on any atom is -0.481 e. The van der Waals surface area contributed by atoms with Gasteiger partial charge < -0.3 is 10.4 Å². The molecule has 0 aliphatic heterocycles. The van der Waals surface area contributed by atoms with Crippen molar-refractivity contribution in [2.45, 2.75) is 39.0 Å². The van der Waals surface area contributed by atoms with Crippen LogP contribution >= 0.6 is 0 Å². The maximum Gasteiger partial charge on any atom is 0.306 e. The third kappa shape index (κ3) is 3.43. The lowest BCUT2D eigenvalue weighted by Gasteiger charge is -2.26. The van der Waals surface area contributed by atoms with Gasteiger partial charge in [-0.05, 0) is 38.0 Å². The van der Waals surface area contributed by atoms with Crippen molar-refractivity contribution in [1.82, 2.24) is 9.97 Å². The average Bonchev–Trinajstić information content (AvgIpc) is 2.46. The molecule has 1 heterocycles. The Balaban J connectivity index is 1.86. The number of nitrogens with one attached hydrogen (secondary N) is 1. The molecule has 2 N–H and O–H groups in total. The summed E-state index contributed by atoms with van der Waals surface area (Å²) in [5, 5.41) is 12.0. The van der Waals surface area contributed by atoms with Crippen LogP contribution in [-0.2, 0) is 11.2 Å². The lowest BCUT2D eigenvalue weighted by molar-refractivity contribution is -0.143. The standard InChI is InChI=1S/C14H20FN3O2/c1-2-11-12(15)13(18-8-17-11)16-7-9-3-5-10(6-4-9)14(19)20/h8-10H,2-7H2,1H3,(H,19,20)(H,16,17,18). The second-order valence-corrected chi connectivity index (χ2v) is 5.27. The summed E-state index contributed by atoms with van der Waals surface area (Å²) in [6.07, 6.45) is 5.02. The number of aryl methyl sites for hydroxylation is 1. The van der Waals surface area contributed by atoms with E-state index in [9.17, 15) is 9.18 Å². The van der Waals surface area contributed by atoms with E-state index in [0.29, 0.717) is 37.4 Å². The first-order valence-electron chi connectivity index (χ1n) is 7.07. The Morgan fingerprint density at radius 1 is 1.40 bits per heavy atom. The number of hydrogen-bond acceptors (Lipinski definition) is 4. The highest BCUT2D eigenvalue weighted by Gasteiger charge is 2.25. The number of rotatable bonds is 5. The highest BCUT2D eigenvalue weighted by Crippen LogP contribution is 2.29. The van der Waals surface area contributed by atoms with Crippen LogP contribution in [0.25, 0.3) is 0 Å². The van der Waals surface area contributed by atoms with E-state index in [4.69, 9.17) is 5.11 Å². The molecule has 0 atom stereocenters. The molecule has 0 aromatic carbocycles. The normalized spacial score (nSPS) is 22.5. The van der Waals surface area contributed by atoms with Crippen LogP contribution in [0.15, 0.2) is 6.33 Å². The van der Waals surface area contributed by atoms with Crippen molar-refractivity contribution in [3.05, 3.63) is 17.8 Å². The van der Waals surface area contributed by atoms with Gasteiger partial charge in [0.2, 0.25) is 0 Å². The average molecular weight is 281 g/mol. The van der Waals surface area contributed by atoms with Gasteiger partial charge in [-0.3, -0.25) is 4.79 Å². The molecular weight excluding hydrogens is 261 g/mol. The fourth-order valence-corrected chi connectivity index (χ4v) is 2.63. The van der Waals surface area contributed by atoms with Crippen molar-refractivity contribution in [1.29, 1.82) is 0 Å². The van der Waals surface area contributed by atoms with Crippen LogP contribution in [0, 0.1) is 17.7 Å². The molecular formula is C14H20FN3O2. The Morgan fingerprint density at radius 2 is 2.10 bits per heavy atom. The molecule has 0 bridgehead atoms. The summed E-state index contributed by atoms with van der Waals surface area (Å²) in [7, 11) is 0. The molecule has 110 valence electrons. The van der Waals surface area contributed by atoms with Gasteiger partial charge in [-0.1, -0.05) is 6.92 Å². The second-order valence-electron chi connectivity index (χ2n) is 5.27. The van der Waals surface area contributed by atoms with Gasteiger partial charge in [0.15, 0.2) is 11.6 Å². The number of aliphatic carboxylic acids is 1. The summed E-state index contributed by atoms with van der Waals surface area (Å²) in [5.41, 5.74) is 0.414. The minimum absolute atomic E-state index is 0.214. The molecule has 0 spiro atoms. The lowest BCUT2D eigenvalue weighted by Crippen LogP contribution is -2.25. The molecule has 2 rings (SSSR count). The van der Waals surface area contributed by atoms with Crippen LogP contribution in [0.4, 0.5) is 10.2 Å². The van der Waals surface area contributed by atoms with E-state index in [1.807, 2.05) is 6.92 Å².